The maximum atomic E-state index is 12.4. The van der Waals surface area contributed by atoms with Crippen molar-refractivity contribution in [1.29, 1.82) is 0 Å². The number of amides is 1. The van der Waals surface area contributed by atoms with E-state index in [9.17, 15) is 20.0 Å². The molecular formula is C13H14Cl2N2O4. The van der Waals surface area contributed by atoms with Gasteiger partial charge in [-0.25, -0.2) is 0 Å². The number of β-amino-alcohol motifs (C(OH)–C–C–N with tert-alkyl or cyclic N) is 1. The van der Waals surface area contributed by atoms with Crippen molar-refractivity contribution in [1.82, 2.24) is 4.90 Å². The van der Waals surface area contributed by atoms with Crippen molar-refractivity contribution in [2.45, 2.75) is 25.4 Å². The number of rotatable bonds is 2. The summed E-state index contributed by atoms with van der Waals surface area (Å²) in [4.78, 5) is 24.1. The lowest BCUT2D eigenvalue weighted by atomic mass is 9.94. The number of nitro groups is 1. The summed E-state index contributed by atoms with van der Waals surface area (Å²) in [6.07, 6.45) is 1.28. The standard InChI is InChI=1S/C13H14Cl2N2O4/c1-13(19)3-2-4-16(7-13)12(18)8-5-9(14)11(15)10(6-8)17(20)21/h5-6,19H,2-4,7H2,1H3. The molecule has 1 aliphatic rings. The minimum Gasteiger partial charge on any atom is -0.388 e. The Kier molecular flexibility index (Phi) is 4.41. The van der Waals surface area contributed by atoms with Crippen molar-refractivity contribution < 1.29 is 14.8 Å². The van der Waals surface area contributed by atoms with E-state index in [1.165, 1.54) is 11.0 Å². The highest BCUT2D eigenvalue weighted by Gasteiger charge is 2.32. The molecular weight excluding hydrogens is 319 g/mol. The Balaban J connectivity index is 2.33. The van der Waals surface area contributed by atoms with Gasteiger partial charge in [0, 0.05) is 24.7 Å². The summed E-state index contributed by atoms with van der Waals surface area (Å²) in [6, 6.07) is 2.42. The quantitative estimate of drug-likeness (QED) is 0.666. The van der Waals surface area contributed by atoms with Gasteiger partial charge in [-0.05, 0) is 25.8 Å². The Labute approximate surface area is 131 Å². The Morgan fingerprint density at radius 1 is 1.48 bits per heavy atom. The highest BCUT2D eigenvalue weighted by atomic mass is 35.5. The molecule has 1 fully saturated rings. The zero-order valence-corrected chi connectivity index (χ0v) is 12.8. The molecule has 0 radical (unpaired) electrons. The fourth-order valence-corrected chi connectivity index (χ4v) is 2.80. The van der Waals surface area contributed by atoms with Crippen molar-refractivity contribution in [2.75, 3.05) is 13.1 Å². The van der Waals surface area contributed by atoms with Crippen molar-refractivity contribution in [3.8, 4) is 0 Å². The highest BCUT2D eigenvalue weighted by Crippen LogP contribution is 2.34. The molecule has 0 spiro atoms. The van der Waals surface area contributed by atoms with Gasteiger partial charge >= 0.3 is 0 Å². The zero-order valence-electron chi connectivity index (χ0n) is 11.3. The summed E-state index contributed by atoms with van der Waals surface area (Å²) in [5.41, 5.74) is -1.26. The molecule has 0 bridgehead atoms. The number of nitrogens with zero attached hydrogens (tertiary/aromatic N) is 2. The molecule has 8 heteroatoms. The number of carbonyl (C=O) groups is 1. The SMILES string of the molecule is CC1(O)CCCN(C(=O)c2cc(Cl)c(Cl)c([N+](=O)[O-])c2)C1. The molecule has 0 aromatic heterocycles. The van der Waals surface area contributed by atoms with E-state index in [2.05, 4.69) is 0 Å². The predicted molar refractivity (Wildman–Crippen MR) is 78.9 cm³/mol. The van der Waals surface area contributed by atoms with Crippen LogP contribution in [-0.2, 0) is 0 Å². The van der Waals surface area contributed by atoms with Crippen LogP contribution in [0, 0.1) is 10.1 Å². The van der Waals surface area contributed by atoms with Crippen LogP contribution < -0.4 is 0 Å². The Morgan fingerprint density at radius 3 is 2.71 bits per heavy atom. The first-order valence-electron chi connectivity index (χ1n) is 6.36. The Morgan fingerprint density at radius 2 is 2.14 bits per heavy atom. The van der Waals surface area contributed by atoms with Gasteiger partial charge in [0.1, 0.15) is 5.02 Å². The summed E-state index contributed by atoms with van der Waals surface area (Å²) < 4.78 is 0. The molecule has 1 aliphatic heterocycles. The smallest absolute Gasteiger partial charge is 0.290 e. The molecule has 21 heavy (non-hydrogen) atoms. The van der Waals surface area contributed by atoms with Gasteiger partial charge in [0.05, 0.1) is 15.5 Å². The minimum absolute atomic E-state index is 0.0435. The van der Waals surface area contributed by atoms with Gasteiger partial charge in [-0.15, -0.1) is 0 Å². The fourth-order valence-electron chi connectivity index (χ4n) is 2.41. The van der Waals surface area contributed by atoms with Gasteiger partial charge in [0.15, 0.2) is 0 Å². The van der Waals surface area contributed by atoms with Crippen LogP contribution in [0.25, 0.3) is 0 Å². The number of aliphatic hydroxyl groups is 1. The van der Waals surface area contributed by atoms with E-state index in [0.29, 0.717) is 19.4 Å². The molecule has 1 saturated heterocycles. The summed E-state index contributed by atoms with van der Waals surface area (Å²) in [5.74, 6) is -0.406. The third-order valence-corrected chi connectivity index (χ3v) is 4.21. The third kappa shape index (κ3) is 3.45. The third-order valence-electron chi connectivity index (χ3n) is 3.41. The number of piperidine rings is 1. The lowest BCUT2D eigenvalue weighted by molar-refractivity contribution is -0.384. The molecule has 1 aromatic rings. The van der Waals surface area contributed by atoms with Gasteiger partial charge in [-0.1, -0.05) is 23.2 Å². The van der Waals surface area contributed by atoms with E-state index in [1.54, 1.807) is 6.92 Å². The van der Waals surface area contributed by atoms with E-state index in [4.69, 9.17) is 23.2 Å². The first kappa shape index (κ1) is 16.0. The molecule has 2 rings (SSSR count). The predicted octanol–water partition coefficient (Wildman–Crippen LogP) is 2.89. The average molecular weight is 333 g/mol. The highest BCUT2D eigenvalue weighted by molar-refractivity contribution is 6.43. The van der Waals surface area contributed by atoms with E-state index in [0.717, 1.165) is 6.07 Å². The van der Waals surface area contributed by atoms with Gasteiger partial charge in [-0.3, -0.25) is 14.9 Å². The first-order valence-corrected chi connectivity index (χ1v) is 7.12. The van der Waals surface area contributed by atoms with Crippen molar-refractivity contribution in [3.63, 3.8) is 0 Å². The molecule has 6 nitrogen and oxygen atoms in total. The minimum atomic E-state index is -0.948. The normalized spacial score (nSPS) is 22.2. The second-order valence-corrected chi connectivity index (χ2v) is 6.16. The molecule has 1 heterocycles. The molecule has 1 unspecified atom stereocenters. The summed E-state index contributed by atoms with van der Waals surface area (Å²) in [6.45, 7) is 2.33. The summed E-state index contributed by atoms with van der Waals surface area (Å²) >= 11 is 11.6. The number of nitro benzene ring substituents is 1. The molecule has 1 N–H and O–H groups in total. The van der Waals surface area contributed by atoms with E-state index < -0.39 is 22.1 Å². The van der Waals surface area contributed by atoms with Gasteiger partial charge < -0.3 is 10.0 Å². The van der Waals surface area contributed by atoms with Crippen LogP contribution in [0.1, 0.15) is 30.1 Å². The summed E-state index contributed by atoms with van der Waals surface area (Å²) in [7, 11) is 0. The lowest BCUT2D eigenvalue weighted by Gasteiger charge is -2.36. The second kappa shape index (κ2) is 5.79. The largest absolute Gasteiger partial charge is 0.388 e. The fraction of sp³-hybridized carbons (Fsp3) is 0.462. The molecule has 0 aliphatic carbocycles. The average Bonchev–Trinajstić information content (AvgIpc) is 2.39. The van der Waals surface area contributed by atoms with Crippen LogP contribution >= 0.6 is 23.2 Å². The van der Waals surface area contributed by atoms with E-state index >= 15 is 0 Å². The number of hydrogen-bond donors (Lipinski definition) is 1. The Bertz CT molecular complexity index is 604. The maximum absolute atomic E-state index is 12.4. The van der Waals surface area contributed by atoms with E-state index in [1.807, 2.05) is 0 Å². The maximum Gasteiger partial charge on any atom is 0.290 e. The summed E-state index contributed by atoms with van der Waals surface area (Å²) in [5, 5.41) is 20.7. The topological polar surface area (TPSA) is 83.7 Å². The number of likely N-dealkylation sites (tertiary alicyclic amines) is 1. The first-order chi connectivity index (χ1) is 9.71. The second-order valence-electron chi connectivity index (χ2n) is 5.38. The zero-order chi connectivity index (χ0) is 15.8. The molecule has 1 atom stereocenters. The van der Waals surface area contributed by atoms with Crippen LogP contribution in [0.15, 0.2) is 12.1 Å². The molecule has 114 valence electrons. The van der Waals surface area contributed by atoms with E-state index in [-0.39, 0.29) is 22.2 Å². The number of benzene rings is 1. The number of halogens is 2. The van der Waals surface area contributed by atoms with Crippen molar-refractivity contribution >= 4 is 34.8 Å². The molecule has 1 aromatic carbocycles. The van der Waals surface area contributed by atoms with Crippen LogP contribution in [-0.4, -0.2) is 39.5 Å². The van der Waals surface area contributed by atoms with Crippen molar-refractivity contribution in [3.05, 3.63) is 37.9 Å². The van der Waals surface area contributed by atoms with Crippen LogP contribution in [0.2, 0.25) is 10.0 Å². The lowest BCUT2D eigenvalue weighted by Crippen LogP contribution is -2.48. The number of carbonyl (C=O) groups excluding carboxylic acids is 1. The monoisotopic (exact) mass is 332 g/mol. The molecule has 1 amide bonds. The number of hydrogen-bond acceptors (Lipinski definition) is 4. The van der Waals surface area contributed by atoms with Gasteiger partial charge in [-0.2, -0.15) is 0 Å². The van der Waals surface area contributed by atoms with Crippen LogP contribution in [0.4, 0.5) is 5.69 Å². The van der Waals surface area contributed by atoms with Gasteiger partial charge in [0.25, 0.3) is 11.6 Å². The Hall–Kier alpha value is -1.37. The molecule has 0 saturated carbocycles. The van der Waals surface area contributed by atoms with Crippen LogP contribution in [0.3, 0.4) is 0 Å². The van der Waals surface area contributed by atoms with Crippen molar-refractivity contribution in [2.24, 2.45) is 0 Å². The van der Waals surface area contributed by atoms with Gasteiger partial charge in [0.2, 0.25) is 0 Å². The van der Waals surface area contributed by atoms with Crippen LogP contribution in [0.5, 0.6) is 0 Å².